The van der Waals surface area contributed by atoms with E-state index in [2.05, 4.69) is 5.32 Å². The summed E-state index contributed by atoms with van der Waals surface area (Å²) in [5, 5.41) is 3.94. The average molecular weight is 583 g/mol. The van der Waals surface area contributed by atoms with Crippen molar-refractivity contribution in [1.82, 2.24) is 10.2 Å². The van der Waals surface area contributed by atoms with Crippen LogP contribution < -0.4 is 9.62 Å². The standard InChI is InChI=1S/C23H27Cl4N3O4S/c1-4-10-28-23(32)21(5-2)29(13-15-6-7-16(24)11-19(15)26)22(31)14-30(35(3,33)34)17-8-9-18(25)20(27)12-17/h6-9,11-12,21H,4-5,10,13-14H2,1-3H3,(H,28,32). The van der Waals surface area contributed by atoms with Gasteiger partial charge in [0.2, 0.25) is 21.8 Å². The van der Waals surface area contributed by atoms with Gasteiger partial charge in [0.15, 0.2) is 0 Å². The third-order valence-electron chi connectivity index (χ3n) is 5.16. The molecule has 0 saturated heterocycles. The van der Waals surface area contributed by atoms with E-state index in [9.17, 15) is 18.0 Å². The first-order valence-electron chi connectivity index (χ1n) is 10.8. The second-order valence-electron chi connectivity index (χ2n) is 7.84. The molecule has 1 atom stereocenters. The average Bonchev–Trinajstić information content (AvgIpc) is 2.78. The SMILES string of the molecule is CCCNC(=O)C(CC)N(Cc1ccc(Cl)cc1Cl)C(=O)CN(c1ccc(Cl)c(Cl)c1)S(C)(=O)=O. The number of anilines is 1. The van der Waals surface area contributed by atoms with Crippen molar-refractivity contribution >= 4 is 73.9 Å². The smallest absolute Gasteiger partial charge is 0.244 e. The van der Waals surface area contributed by atoms with Crippen LogP contribution in [0.25, 0.3) is 0 Å². The maximum absolute atomic E-state index is 13.6. The van der Waals surface area contributed by atoms with Crippen LogP contribution in [0.5, 0.6) is 0 Å². The Balaban J connectivity index is 2.48. The zero-order valence-corrected chi connectivity index (χ0v) is 23.4. The molecule has 2 rings (SSSR count). The van der Waals surface area contributed by atoms with E-state index in [1.165, 1.54) is 29.2 Å². The molecule has 0 radical (unpaired) electrons. The van der Waals surface area contributed by atoms with E-state index in [0.29, 0.717) is 28.6 Å². The summed E-state index contributed by atoms with van der Waals surface area (Å²) in [6.07, 6.45) is 2.00. The van der Waals surface area contributed by atoms with Crippen LogP contribution in [0, 0.1) is 0 Å². The summed E-state index contributed by atoms with van der Waals surface area (Å²) in [6.45, 7) is 3.55. The number of carbonyl (C=O) groups excluding carboxylic acids is 2. The highest BCUT2D eigenvalue weighted by molar-refractivity contribution is 7.92. The summed E-state index contributed by atoms with van der Waals surface area (Å²) in [7, 11) is -3.89. The Morgan fingerprint density at radius 3 is 2.20 bits per heavy atom. The molecule has 1 unspecified atom stereocenters. The van der Waals surface area contributed by atoms with Gasteiger partial charge in [-0.1, -0.05) is 66.3 Å². The van der Waals surface area contributed by atoms with Gasteiger partial charge in [-0.3, -0.25) is 13.9 Å². The maximum Gasteiger partial charge on any atom is 0.244 e. The molecule has 0 saturated carbocycles. The van der Waals surface area contributed by atoms with Crippen LogP contribution in [0.15, 0.2) is 36.4 Å². The first kappa shape index (κ1) is 29.5. The molecule has 192 valence electrons. The Morgan fingerprint density at radius 1 is 0.971 bits per heavy atom. The number of amides is 2. The second-order valence-corrected chi connectivity index (χ2v) is 11.4. The van der Waals surface area contributed by atoms with Gasteiger partial charge in [0.05, 0.1) is 22.0 Å². The monoisotopic (exact) mass is 581 g/mol. The lowest BCUT2D eigenvalue weighted by Gasteiger charge is -2.33. The van der Waals surface area contributed by atoms with Crippen LogP contribution in [-0.4, -0.2) is 50.5 Å². The molecule has 0 aliphatic heterocycles. The van der Waals surface area contributed by atoms with Crippen LogP contribution in [0.3, 0.4) is 0 Å². The third-order valence-corrected chi connectivity index (χ3v) is 7.63. The van der Waals surface area contributed by atoms with Crippen LogP contribution in [0.1, 0.15) is 32.3 Å². The van der Waals surface area contributed by atoms with Crippen molar-refractivity contribution in [3.8, 4) is 0 Å². The lowest BCUT2D eigenvalue weighted by atomic mass is 10.1. The summed E-state index contributed by atoms with van der Waals surface area (Å²) >= 11 is 24.4. The Kier molecular flexibility index (Phi) is 11.0. The maximum atomic E-state index is 13.6. The number of nitrogens with zero attached hydrogens (tertiary/aromatic N) is 2. The predicted octanol–water partition coefficient (Wildman–Crippen LogP) is 5.40. The highest BCUT2D eigenvalue weighted by Gasteiger charge is 2.32. The number of sulfonamides is 1. The third kappa shape index (κ3) is 8.15. The van der Waals surface area contributed by atoms with Crippen molar-refractivity contribution in [2.75, 3.05) is 23.7 Å². The first-order chi connectivity index (χ1) is 16.4. The quantitative estimate of drug-likeness (QED) is 0.384. The molecule has 12 heteroatoms. The number of rotatable bonds is 11. The molecule has 1 N–H and O–H groups in total. The van der Waals surface area contributed by atoms with Gasteiger partial charge >= 0.3 is 0 Å². The Morgan fingerprint density at radius 2 is 1.66 bits per heavy atom. The van der Waals surface area contributed by atoms with Crippen LogP contribution in [0.4, 0.5) is 5.69 Å². The van der Waals surface area contributed by atoms with E-state index < -0.39 is 28.5 Å². The zero-order valence-electron chi connectivity index (χ0n) is 19.5. The molecule has 2 aromatic rings. The second kappa shape index (κ2) is 13.0. The first-order valence-corrected chi connectivity index (χ1v) is 14.2. The normalized spacial score (nSPS) is 12.2. The van der Waals surface area contributed by atoms with Crippen LogP contribution >= 0.6 is 46.4 Å². The summed E-state index contributed by atoms with van der Waals surface area (Å²) in [5.41, 5.74) is 0.731. The van der Waals surface area contributed by atoms with Gasteiger partial charge in [-0.05, 0) is 48.7 Å². The van der Waals surface area contributed by atoms with E-state index in [1.807, 2.05) is 6.92 Å². The Labute approximate surface area is 226 Å². The molecular weight excluding hydrogens is 556 g/mol. The summed E-state index contributed by atoms with van der Waals surface area (Å²) in [6, 6.07) is 8.24. The molecule has 0 heterocycles. The number of hydrogen-bond acceptors (Lipinski definition) is 4. The van der Waals surface area contributed by atoms with Gasteiger partial charge in [0.25, 0.3) is 0 Å². The fourth-order valence-corrected chi connectivity index (χ4v) is 4.97. The lowest BCUT2D eigenvalue weighted by Crippen LogP contribution is -2.52. The van der Waals surface area contributed by atoms with Crippen molar-refractivity contribution in [3.63, 3.8) is 0 Å². The fourth-order valence-electron chi connectivity index (χ4n) is 3.37. The molecule has 7 nitrogen and oxygen atoms in total. The van der Waals surface area contributed by atoms with Crippen LogP contribution in [0.2, 0.25) is 20.1 Å². The zero-order chi connectivity index (χ0) is 26.3. The van der Waals surface area contributed by atoms with Crippen molar-refractivity contribution in [3.05, 3.63) is 62.1 Å². The van der Waals surface area contributed by atoms with E-state index >= 15 is 0 Å². The molecular formula is C23H27Cl4N3O4S. The number of benzene rings is 2. The molecule has 0 spiro atoms. The minimum absolute atomic E-state index is 0.0220. The summed E-state index contributed by atoms with van der Waals surface area (Å²) in [4.78, 5) is 27.8. The number of hydrogen-bond donors (Lipinski definition) is 1. The van der Waals surface area contributed by atoms with Crippen molar-refractivity contribution in [2.45, 2.75) is 39.3 Å². The topological polar surface area (TPSA) is 86.8 Å². The van der Waals surface area contributed by atoms with E-state index in [0.717, 1.165) is 17.0 Å². The fraction of sp³-hybridized carbons (Fsp3) is 0.391. The molecule has 2 aromatic carbocycles. The van der Waals surface area contributed by atoms with E-state index in [1.54, 1.807) is 19.1 Å². The minimum Gasteiger partial charge on any atom is -0.354 e. The van der Waals surface area contributed by atoms with E-state index in [4.69, 9.17) is 46.4 Å². The van der Waals surface area contributed by atoms with E-state index in [-0.39, 0.29) is 28.2 Å². The minimum atomic E-state index is -3.89. The van der Waals surface area contributed by atoms with Gasteiger partial charge in [0, 0.05) is 23.1 Å². The van der Waals surface area contributed by atoms with Gasteiger partial charge in [-0.15, -0.1) is 0 Å². The molecule has 0 aliphatic carbocycles. The molecule has 2 amide bonds. The predicted molar refractivity (Wildman–Crippen MR) is 143 cm³/mol. The molecule has 35 heavy (non-hydrogen) atoms. The largest absolute Gasteiger partial charge is 0.354 e. The van der Waals surface area contributed by atoms with Crippen molar-refractivity contribution in [2.24, 2.45) is 0 Å². The molecule has 0 bridgehead atoms. The lowest BCUT2D eigenvalue weighted by molar-refractivity contribution is -0.140. The molecule has 0 fully saturated rings. The molecule has 0 aromatic heterocycles. The number of nitrogens with one attached hydrogen (secondary N) is 1. The van der Waals surface area contributed by atoms with Gasteiger partial charge in [-0.2, -0.15) is 0 Å². The van der Waals surface area contributed by atoms with Gasteiger partial charge < -0.3 is 10.2 Å². The highest BCUT2D eigenvalue weighted by atomic mass is 35.5. The van der Waals surface area contributed by atoms with Gasteiger partial charge in [0.1, 0.15) is 12.6 Å². The number of halogens is 4. The van der Waals surface area contributed by atoms with Crippen molar-refractivity contribution in [1.29, 1.82) is 0 Å². The van der Waals surface area contributed by atoms with Crippen molar-refractivity contribution < 1.29 is 18.0 Å². The Hall–Kier alpha value is -1.71. The Bertz CT molecular complexity index is 1180. The number of carbonyl (C=O) groups is 2. The highest BCUT2D eigenvalue weighted by Crippen LogP contribution is 2.29. The summed E-state index contributed by atoms with van der Waals surface area (Å²) in [5.74, 6) is -0.931. The van der Waals surface area contributed by atoms with Crippen LogP contribution in [-0.2, 0) is 26.2 Å². The van der Waals surface area contributed by atoms with Gasteiger partial charge in [-0.25, -0.2) is 8.42 Å². The molecule has 0 aliphatic rings. The summed E-state index contributed by atoms with van der Waals surface area (Å²) < 4.78 is 26.2.